The van der Waals surface area contributed by atoms with Gasteiger partial charge in [0.2, 0.25) is 29.1 Å². The summed E-state index contributed by atoms with van der Waals surface area (Å²) >= 11 is 5.55. The van der Waals surface area contributed by atoms with Crippen LogP contribution in [0.5, 0.6) is 0 Å². The molecule has 0 heterocycles. The lowest BCUT2D eigenvalue weighted by Crippen LogP contribution is -2.34. The van der Waals surface area contributed by atoms with Gasteiger partial charge in [-0.1, -0.05) is 121 Å². The number of hydrogen-bond donors (Lipinski definition) is 4. The topological polar surface area (TPSA) is 216 Å². The molecular formula is C40H57Cl2N3O10S4. The summed E-state index contributed by atoms with van der Waals surface area (Å²) in [5.74, 6) is 0.0399. The Hall–Kier alpha value is -2.94. The Morgan fingerprint density at radius 3 is 1.20 bits per heavy atom. The minimum atomic E-state index is -3.70. The molecule has 4 aromatic rings. The summed E-state index contributed by atoms with van der Waals surface area (Å²) in [6.07, 6.45) is 1.59. The number of halogens is 2. The number of alkyl halides is 1. The lowest BCUT2D eigenvalue weighted by molar-refractivity contribution is 0.279. The first kappa shape index (κ1) is 54.1. The molecule has 3 atom stereocenters. The minimum absolute atomic E-state index is 0.0144. The summed E-state index contributed by atoms with van der Waals surface area (Å²) in [7, 11) is -8.83. The number of nitrogens with one attached hydrogen (secondary N) is 2. The van der Waals surface area contributed by atoms with Crippen molar-refractivity contribution in [1.82, 2.24) is 9.44 Å². The first-order valence-electron chi connectivity index (χ1n) is 18.5. The van der Waals surface area contributed by atoms with Crippen molar-refractivity contribution in [2.75, 3.05) is 19.1 Å². The fourth-order valence-electron chi connectivity index (χ4n) is 4.71. The number of aliphatic hydroxyl groups excluding tert-OH is 1. The molecule has 5 N–H and O–H groups in total. The van der Waals surface area contributed by atoms with Crippen LogP contribution in [0.15, 0.2) is 121 Å². The van der Waals surface area contributed by atoms with Gasteiger partial charge in [-0.2, -0.15) is 8.42 Å². The maximum absolute atomic E-state index is 12.1. The Morgan fingerprint density at radius 1 is 0.559 bits per heavy atom. The van der Waals surface area contributed by atoms with Gasteiger partial charge < -0.3 is 10.8 Å². The molecule has 59 heavy (non-hydrogen) atoms. The highest BCUT2D eigenvalue weighted by Gasteiger charge is 2.18. The smallest absolute Gasteiger partial charge is 0.271 e. The number of nitrogens with two attached hydrogens (primary N) is 1. The van der Waals surface area contributed by atoms with E-state index in [9.17, 15) is 33.7 Å². The molecule has 0 spiro atoms. The first-order chi connectivity index (χ1) is 27.6. The third kappa shape index (κ3) is 29.9. The van der Waals surface area contributed by atoms with Crippen molar-refractivity contribution in [3.05, 3.63) is 144 Å². The van der Waals surface area contributed by atoms with Gasteiger partial charge in [0.1, 0.15) is 5.75 Å². The number of benzene rings is 4. The molecule has 19 heteroatoms. The van der Waals surface area contributed by atoms with Gasteiger partial charge in [0.15, 0.2) is 0 Å². The van der Waals surface area contributed by atoms with Crippen molar-refractivity contribution in [2.45, 2.75) is 81.2 Å². The van der Waals surface area contributed by atoms with Crippen LogP contribution in [0.4, 0.5) is 0 Å². The zero-order valence-corrected chi connectivity index (χ0v) is 38.2. The Labute approximate surface area is 361 Å². The summed E-state index contributed by atoms with van der Waals surface area (Å²) in [4.78, 5) is 0. The van der Waals surface area contributed by atoms with Crippen LogP contribution in [-0.4, -0.2) is 76.0 Å². The maximum Gasteiger partial charge on any atom is 0.271 e. The second-order valence-corrected chi connectivity index (χ2v) is 21.8. The molecule has 0 aromatic heterocycles. The van der Waals surface area contributed by atoms with Gasteiger partial charge in [-0.05, 0) is 62.3 Å². The van der Waals surface area contributed by atoms with Gasteiger partial charge in [-0.3, -0.25) is 4.18 Å². The van der Waals surface area contributed by atoms with Crippen molar-refractivity contribution < 1.29 is 43.0 Å². The molecule has 330 valence electrons. The molecule has 0 aliphatic rings. The van der Waals surface area contributed by atoms with Crippen LogP contribution in [0.3, 0.4) is 0 Å². The predicted molar refractivity (Wildman–Crippen MR) is 239 cm³/mol. The van der Waals surface area contributed by atoms with Crippen molar-refractivity contribution in [3.8, 4) is 0 Å². The third-order valence-electron chi connectivity index (χ3n) is 7.47. The highest BCUT2D eigenvalue weighted by molar-refractivity contribution is 8.13. The molecule has 0 saturated heterocycles. The summed E-state index contributed by atoms with van der Waals surface area (Å²) < 4.78 is 103. The van der Waals surface area contributed by atoms with Crippen LogP contribution in [0, 0.1) is 0 Å². The van der Waals surface area contributed by atoms with Gasteiger partial charge in [-0.25, -0.2) is 34.7 Å². The maximum atomic E-state index is 12.1. The van der Waals surface area contributed by atoms with E-state index in [0.717, 1.165) is 5.56 Å². The van der Waals surface area contributed by atoms with Crippen molar-refractivity contribution in [3.63, 3.8) is 0 Å². The number of aliphatic hydroxyl groups is 1. The van der Waals surface area contributed by atoms with E-state index >= 15 is 0 Å². The molecule has 0 radical (unpaired) electrons. The van der Waals surface area contributed by atoms with Gasteiger partial charge in [-0.15, -0.1) is 11.6 Å². The fourth-order valence-corrected chi connectivity index (χ4v) is 9.94. The van der Waals surface area contributed by atoms with Gasteiger partial charge in [0.25, 0.3) is 10.1 Å². The monoisotopic (exact) mass is 937 g/mol. The fraction of sp³-hybridized carbons (Fsp3) is 0.400. The number of rotatable bonds is 20. The largest absolute Gasteiger partial charge is 0.396 e. The lowest BCUT2D eigenvalue weighted by atomic mass is 10.2. The summed E-state index contributed by atoms with van der Waals surface area (Å²) in [6, 6.07) is 35.1. The summed E-state index contributed by atoms with van der Waals surface area (Å²) in [6.45, 7) is 5.48. The molecule has 4 rings (SSSR count). The molecule has 0 bridgehead atoms. The predicted octanol–water partition coefficient (Wildman–Crippen LogP) is 6.03. The summed E-state index contributed by atoms with van der Waals surface area (Å²) in [5.41, 5.74) is 8.07. The first-order valence-corrected chi connectivity index (χ1v) is 26.4. The third-order valence-corrected chi connectivity index (χ3v) is 12.9. The molecule has 0 saturated carbocycles. The van der Waals surface area contributed by atoms with Crippen LogP contribution in [-0.2, 0) is 66.4 Å². The Bertz CT molecular complexity index is 2160. The Kier molecular flexibility index (Phi) is 26.2. The standard InChI is InChI=1S/C18H23NO5S2.C11H16ClNO2S.C7H7ClO2S.C4H11NO/c1-16(19-25(20,21)14-17-8-4-2-5-9-17)12-13-24-26(22,23)15-18-10-6-3-7-11-18;1-10(7-8-12)13-16(14,15)9-11-5-3-2-4-6-11;8-11(9,10)6-7-4-2-1-3-5-7;1-4(5)2-3-6/h2-11,16,19H,12-15H2,1H3;2-6,10,13H,7-9H2,1H3;1-5H,6H2;4,6H,2-3,5H2,1H3/t16-;10-;;4-/m11.1/s1. The van der Waals surface area contributed by atoms with Crippen LogP contribution >= 0.6 is 22.3 Å². The molecule has 0 aliphatic carbocycles. The second kappa shape index (κ2) is 28.6. The highest BCUT2D eigenvalue weighted by atomic mass is 35.7. The van der Waals surface area contributed by atoms with Crippen molar-refractivity contribution >= 4 is 61.5 Å². The van der Waals surface area contributed by atoms with Crippen LogP contribution in [0.25, 0.3) is 0 Å². The van der Waals surface area contributed by atoms with E-state index < -0.39 is 45.3 Å². The zero-order chi connectivity index (χ0) is 44.4. The van der Waals surface area contributed by atoms with Gasteiger partial charge in [0, 0.05) is 41.3 Å². The Balaban J connectivity index is 0.000000447. The zero-order valence-electron chi connectivity index (χ0n) is 33.4. The minimum Gasteiger partial charge on any atom is -0.396 e. The normalized spacial score (nSPS) is 13.2. The van der Waals surface area contributed by atoms with E-state index in [1.807, 2.05) is 44.2 Å². The molecule has 0 fully saturated rings. The molecule has 0 unspecified atom stereocenters. The Morgan fingerprint density at radius 2 is 0.898 bits per heavy atom. The van der Waals surface area contributed by atoms with Gasteiger partial charge >= 0.3 is 0 Å². The lowest BCUT2D eigenvalue weighted by Gasteiger charge is -2.14. The number of sulfonamides is 2. The van der Waals surface area contributed by atoms with E-state index in [0.29, 0.717) is 35.4 Å². The molecule has 0 aliphatic heterocycles. The molecule has 13 nitrogen and oxygen atoms in total. The average molecular weight is 939 g/mol. The SMILES string of the molecule is C[C@@H](N)CCO.C[C@H](CCCl)NS(=O)(=O)Cc1ccccc1.C[C@H](CCOS(=O)(=O)Cc1ccccc1)NS(=O)(=O)Cc1ccccc1.O=S(=O)(Cl)Cc1ccccc1. The van der Waals surface area contributed by atoms with Crippen molar-refractivity contribution in [1.29, 1.82) is 0 Å². The number of hydrogen-bond acceptors (Lipinski definition) is 11. The van der Waals surface area contributed by atoms with E-state index in [1.54, 1.807) is 97.9 Å². The van der Waals surface area contributed by atoms with Gasteiger partial charge in [0.05, 0.1) is 23.9 Å². The van der Waals surface area contributed by atoms with E-state index in [1.165, 1.54) is 0 Å². The molecule has 4 aromatic carbocycles. The quantitative estimate of drug-likeness (QED) is 0.0456. The molecule has 0 amide bonds. The van der Waals surface area contributed by atoms with Crippen LogP contribution in [0.2, 0.25) is 0 Å². The second-order valence-electron chi connectivity index (χ2n) is 13.5. The van der Waals surface area contributed by atoms with Crippen LogP contribution < -0.4 is 15.2 Å². The van der Waals surface area contributed by atoms with E-state index in [-0.39, 0.29) is 54.7 Å². The highest BCUT2D eigenvalue weighted by Crippen LogP contribution is 2.11. The summed E-state index contributed by atoms with van der Waals surface area (Å²) in [5, 5.41) is 8.16. The van der Waals surface area contributed by atoms with E-state index in [2.05, 4.69) is 9.44 Å². The van der Waals surface area contributed by atoms with E-state index in [4.69, 9.17) is 37.3 Å². The van der Waals surface area contributed by atoms with Crippen LogP contribution in [0.1, 0.15) is 62.3 Å². The van der Waals surface area contributed by atoms with Crippen molar-refractivity contribution in [2.24, 2.45) is 5.73 Å². The average Bonchev–Trinajstić information content (AvgIpc) is 3.12. The molecular weight excluding hydrogens is 882 g/mol.